The first-order valence-corrected chi connectivity index (χ1v) is 7.06. The predicted molar refractivity (Wildman–Crippen MR) is 78.8 cm³/mol. The number of hydrogen-bond acceptors (Lipinski definition) is 6. The second kappa shape index (κ2) is 5.10. The highest BCUT2D eigenvalue weighted by Gasteiger charge is 2.14. The summed E-state index contributed by atoms with van der Waals surface area (Å²) < 4.78 is 12.4. The van der Waals surface area contributed by atoms with Crippen LogP contribution in [0.5, 0.6) is 0 Å². The van der Waals surface area contributed by atoms with E-state index < -0.39 is 0 Å². The minimum atomic E-state index is 0.356. The van der Waals surface area contributed by atoms with Crippen LogP contribution in [-0.4, -0.2) is 25.1 Å². The minimum absolute atomic E-state index is 0.356. The highest BCUT2D eigenvalue weighted by molar-refractivity contribution is 5.80. The zero-order valence-electron chi connectivity index (χ0n) is 11.9. The van der Waals surface area contributed by atoms with Gasteiger partial charge < -0.3 is 8.94 Å². The van der Waals surface area contributed by atoms with Crippen molar-refractivity contribution >= 4 is 11.0 Å². The van der Waals surface area contributed by atoms with Crippen molar-refractivity contribution < 1.29 is 8.94 Å². The van der Waals surface area contributed by atoms with Gasteiger partial charge in [-0.2, -0.15) is 4.98 Å². The van der Waals surface area contributed by atoms with Crippen molar-refractivity contribution in [1.82, 2.24) is 25.1 Å². The summed E-state index contributed by atoms with van der Waals surface area (Å²) in [6.07, 6.45) is 2.58. The van der Waals surface area contributed by atoms with E-state index in [4.69, 9.17) is 8.94 Å². The summed E-state index contributed by atoms with van der Waals surface area (Å²) in [6.45, 7) is 2.96. The van der Waals surface area contributed by atoms with Crippen LogP contribution < -0.4 is 0 Å². The monoisotopic (exact) mass is 295 g/mol. The van der Waals surface area contributed by atoms with Crippen molar-refractivity contribution in [2.24, 2.45) is 0 Å². The van der Waals surface area contributed by atoms with Crippen LogP contribution in [-0.2, 0) is 6.54 Å². The lowest BCUT2D eigenvalue weighted by molar-refractivity contribution is 0.417. The normalized spacial score (nSPS) is 11.3. The topological polar surface area (TPSA) is 82.8 Å². The largest absolute Gasteiger partial charge is 0.459 e. The molecule has 0 N–H and O–H groups in total. The number of aromatic nitrogens is 5. The van der Waals surface area contributed by atoms with Gasteiger partial charge in [0.25, 0.3) is 5.89 Å². The quantitative estimate of drug-likeness (QED) is 0.575. The molecule has 110 valence electrons. The van der Waals surface area contributed by atoms with Gasteiger partial charge in [-0.1, -0.05) is 17.3 Å². The molecular formula is C15H13N5O2. The van der Waals surface area contributed by atoms with E-state index in [0.717, 1.165) is 29.6 Å². The number of furan rings is 1. The van der Waals surface area contributed by atoms with E-state index in [1.807, 2.05) is 22.9 Å². The van der Waals surface area contributed by atoms with Gasteiger partial charge in [0.1, 0.15) is 5.52 Å². The Kier molecular flexibility index (Phi) is 2.96. The molecule has 0 saturated carbocycles. The minimum Gasteiger partial charge on any atom is -0.459 e. The van der Waals surface area contributed by atoms with E-state index in [1.165, 1.54) is 0 Å². The summed E-state index contributed by atoms with van der Waals surface area (Å²) in [4.78, 5) is 4.35. The average molecular weight is 295 g/mol. The molecule has 1 aromatic carbocycles. The molecule has 0 aliphatic heterocycles. The molecule has 3 aromatic heterocycles. The van der Waals surface area contributed by atoms with Gasteiger partial charge in [0, 0.05) is 12.1 Å². The summed E-state index contributed by atoms with van der Waals surface area (Å²) in [5.41, 5.74) is 2.65. The molecule has 0 fully saturated rings. The van der Waals surface area contributed by atoms with E-state index >= 15 is 0 Å². The van der Waals surface area contributed by atoms with Gasteiger partial charge in [0.05, 0.1) is 11.8 Å². The summed E-state index contributed by atoms with van der Waals surface area (Å²) in [5.74, 6) is 1.40. The number of nitrogens with zero attached hydrogens (tertiary/aromatic N) is 5. The van der Waals surface area contributed by atoms with Crippen LogP contribution in [0.2, 0.25) is 0 Å². The Morgan fingerprint density at radius 2 is 2.18 bits per heavy atom. The van der Waals surface area contributed by atoms with E-state index in [9.17, 15) is 0 Å². The van der Waals surface area contributed by atoms with Crippen LogP contribution in [0, 0.1) is 0 Å². The Bertz CT molecular complexity index is 907. The lowest BCUT2D eigenvalue weighted by atomic mass is 10.2. The molecule has 3 heterocycles. The Morgan fingerprint density at radius 1 is 1.23 bits per heavy atom. The van der Waals surface area contributed by atoms with Gasteiger partial charge in [-0.05, 0) is 36.8 Å². The molecular weight excluding hydrogens is 282 g/mol. The average Bonchev–Trinajstić information content (AvgIpc) is 3.27. The Balaban J connectivity index is 1.72. The van der Waals surface area contributed by atoms with Crippen molar-refractivity contribution in [2.75, 3.05) is 0 Å². The van der Waals surface area contributed by atoms with Gasteiger partial charge in [0.15, 0.2) is 5.76 Å². The number of aryl methyl sites for hydroxylation is 1. The highest BCUT2D eigenvalue weighted by Crippen LogP contribution is 2.24. The number of benzene rings is 1. The molecule has 4 rings (SSSR count). The smallest absolute Gasteiger partial charge is 0.293 e. The lowest BCUT2D eigenvalue weighted by Gasteiger charge is -1.99. The fraction of sp³-hybridized carbons (Fsp3) is 0.200. The molecule has 0 radical (unpaired) electrons. The van der Waals surface area contributed by atoms with E-state index in [-0.39, 0.29) is 0 Å². The fourth-order valence-electron chi connectivity index (χ4n) is 2.33. The number of hydrogen-bond donors (Lipinski definition) is 0. The van der Waals surface area contributed by atoms with Gasteiger partial charge in [-0.15, -0.1) is 5.10 Å². The molecule has 0 atom stereocenters. The summed E-state index contributed by atoms with van der Waals surface area (Å²) in [7, 11) is 0. The van der Waals surface area contributed by atoms with Crippen molar-refractivity contribution in [1.29, 1.82) is 0 Å². The number of fused-ring (bicyclic) bond motifs is 1. The molecule has 0 unspecified atom stereocenters. The highest BCUT2D eigenvalue weighted by atomic mass is 16.5. The third-order valence-electron chi connectivity index (χ3n) is 3.37. The first-order chi connectivity index (χ1) is 10.8. The Hall–Kier alpha value is -2.96. The molecule has 0 bridgehead atoms. The third-order valence-corrected chi connectivity index (χ3v) is 3.37. The summed E-state index contributed by atoms with van der Waals surface area (Å²) >= 11 is 0. The first kappa shape index (κ1) is 12.8. The summed E-state index contributed by atoms with van der Waals surface area (Å²) in [6, 6.07) is 9.37. The van der Waals surface area contributed by atoms with E-state index in [2.05, 4.69) is 27.4 Å². The van der Waals surface area contributed by atoms with Crippen LogP contribution in [0.1, 0.15) is 13.3 Å². The van der Waals surface area contributed by atoms with Crippen LogP contribution in [0.4, 0.5) is 0 Å². The van der Waals surface area contributed by atoms with Crippen molar-refractivity contribution in [2.45, 2.75) is 19.9 Å². The Morgan fingerprint density at radius 3 is 3.00 bits per heavy atom. The van der Waals surface area contributed by atoms with Crippen molar-refractivity contribution in [3.63, 3.8) is 0 Å². The zero-order chi connectivity index (χ0) is 14.9. The fourth-order valence-corrected chi connectivity index (χ4v) is 2.33. The number of rotatable bonds is 4. The van der Waals surface area contributed by atoms with E-state index in [0.29, 0.717) is 17.5 Å². The van der Waals surface area contributed by atoms with Crippen LogP contribution in [0.15, 0.2) is 45.5 Å². The lowest BCUT2D eigenvalue weighted by Crippen LogP contribution is -1.98. The maximum Gasteiger partial charge on any atom is 0.293 e. The molecule has 4 aromatic rings. The van der Waals surface area contributed by atoms with Gasteiger partial charge >= 0.3 is 0 Å². The predicted octanol–water partition coefficient (Wildman–Crippen LogP) is 3.15. The molecule has 0 aliphatic rings. The second-order valence-electron chi connectivity index (χ2n) is 4.92. The van der Waals surface area contributed by atoms with Crippen LogP contribution >= 0.6 is 0 Å². The SMILES string of the molecule is CCCn1nnc2cc(-c3noc(-c4ccco4)n3)ccc21. The van der Waals surface area contributed by atoms with E-state index in [1.54, 1.807) is 18.4 Å². The van der Waals surface area contributed by atoms with Crippen molar-refractivity contribution in [3.8, 4) is 23.0 Å². The standard InChI is InChI=1S/C15H13N5O2/c1-2-7-20-12-6-5-10(9-11(12)17-19-20)14-16-15(22-18-14)13-4-3-8-21-13/h3-6,8-9H,2,7H2,1H3. The third kappa shape index (κ3) is 2.07. The van der Waals surface area contributed by atoms with Crippen LogP contribution in [0.3, 0.4) is 0 Å². The molecule has 0 saturated heterocycles. The first-order valence-electron chi connectivity index (χ1n) is 7.06. The van der Waals surface area contributed by atoms with Gasteiger partial charge in [-0.25, -0.2) is 4.68 Å². The van der Waals surface area contributed by atoms with Gasteiger partial charge in [-0.3, -0.25) is 0 Å². The maximum absolute atomic E-state index is 5.25. The summed E-state index contributed by atoms with van der Waals surface area (Å²) in [5, 5.41) is 12.3. The molecule has 7 heteroatoms. The van der Waals surface area contributed by atoms with Gasteiger partial charge in [0.2, 0.25) is 5.82 Å². The van der Waals surface area contributed by atoms with Crippen molar-refractivity contribution in [3.05, 3.63) is 36.6 Å². The molecule has 7 nitrogen and oxygen atoms in total. The van der Waals surface area contributed by atoms with Crippen LogP contribution in [0.25, 0.3) is 34.1 Å². The molecule has 0 spiro atoms. The maximum atomic E-state index is 5.25. The molecule has 0 amide bonds. The molecule has 0 aliphatic carbocycles. The zero-order valence-corrected chi connectivity index (χ0v) is 11.9. The Labute approximate surface area is 125 Å². The molecule has 22 heavy (non-hydrogen) atoms. The second-order valence-corrected chi connectivity index (χ2v) is 4.92.